The SMILES string of the molecule is Nc1cc(C(F)(F)F)ccc1OCCN1C(=O)c2ccccc2C1=O. The lowest BCUT2D eigenvalue weighted by molar-refractivity contribution is -0.137. The van der Waals surface area contributed by atoms with Gasteiger partial charge in [0.1, 0.15) is 12.4 Å². The second-order valence-electron chi connectivity index (χ2n) is 5.41. The monoisotopic (exact) mass is 350 g/mol. The fourth-order valence-corrected chi connectivity index (χ4v) is 2.55. The summed E-state index contributed by atoms with van der Waals surface area (Å²) >= 11 is 0. The molecule has 5 nitrogen and oxygen atoms in total. The van der Waals surface area contributed by atoms with Crippen molar-refractivity contribution in [1.29, 1.82) is 0 Å². The van der Waals surface area contributed by atoms with Crippen molar-refractivity contribution in [3.63, 3.8) is 0 Å². The average molecular weight is 350 g/mol. The third-order valence-electron chi connectivity index (χ3n) is 3.79. The number of imide groups is 1. The van der Waals surface area contributed by atoms with Gasteiger partial charge in [0, 0.05) is 0 Å². The molecule has 0 bridgehead atoms. The van der Waals surface area contributed by atoms with Gasteiger partial charge in [-0.05, 0) is 30.3 Å². The quantitative estimate of drug-likeness (QED) is 0.680. The number of amides is 2. The average Bonchev–Trinajstić information content (AvgIpc) is 2.80. The molecule has 1 aliphatic rings. The summed E-state index contributed by atoms with van der Waals surface area (Å²) in [5.74, 6) is -0.793. The van der Waals surface area contributed by atoms with Crippen LogP contribution in [-0.2, 0) is 6.18 Å². The number of hydrogen-bond donors (Lipinski definition) is 1. The van der Waals surface area contributed by atoms with Crippen molar-refractivity contribution in [2.45, 2.75) is 6.18 Å². The lowest BCUT2D eigenvalue weighted by Gasteiger charge is -2.16. The molecular weight excluding hydrogens is 337 g/mol. The molecule has 0 unspecified atom stereocenters. The molecule has 3 rings (SSSR count). The highest BCUT2D eigenvalue weighted by Crippen LogP contribution is 2.33. The number of ether oxygens (including phenoxy) is 1. The summed E-state index contributed by atoms with van der Waals surface area (Å²) < 4.78 is 43.1. The second kappa shape index (κ2) is 6.12. The number of rotatable bonds is 4. The molecule has 25 heavy (non-hydrogen) atoms. The molecule has 0 aliphatic carbocycles. The van der Waals surface area contributed by atoms with Crippen LogP contribution in [-0.4, -0.2) is 29.9 Å². The van der Waals surface area contributed by atoms with Crippen molar-refractivity contribution in [1.82, 2.24) is 4.90 Å². The Kier molecular flexibility index (Phi) is 4.12. The highest BCUT2D eigenvalue weighted by molar-refractivity contribution is 6.21. The van der Waals surface area contributed by atoms with Crippen molar-refractivity contribution in [2.75, 3.05) is 18.9 Å². The van der Waals surface area contributed by atoms with E-state index in [9.17, 15) is 22.8 Å². The normalized spacial score (nSPS) is 14.0. The first kappa shape index (κ1) is 16.8. The fourth-order valence-electron chi connectivity index (χ4n) is 2.55. The number of carbonyl (C=O) groups excluding carboxylic acids is 2. The minimum Gasteiger partial charge on any atom is -0.490 e. The fraction of sp³-hybridized carbons (Fsp3) is 0.176. The van der Waals surface area contributed by atoms with Crippen LogP contribution in [0.25, 0.3) is 0 Å². The zero-order valence-corrected chi connectivity index (χ0v) is 12.8. The molecule has 1 heterocycles. The number of hydrogen-bond acceptors (Lipinski definition) is 4. The summed E-state index contributed by atoms with van der Waals surface area (Å²) in [4.78, 5) is 25.4. The topological polar surface area (TPSA) is 72.6 Å². The number of carbonyl (C=O) groups is 2. The van der Waals surface area contributed by atoms with Gasteiger partial charge in [0.2, 0.25) is 0 Å². The highest BCUT2D eigenvalue weighted by Gasteiger charge is 2.35. The molecule has 0 aromatic heterocycles. The summed E-state index contributed by atoms with van der Waals surface area (Å²) in [7, 11) is 0. The van der Waals surface area contributed by atoms with Crippen molar-refractivity contribution in [2.24, 2.45) is 0 Å². The molecule has 0 fully saturated rings. The van der Waals surface area contributed by atoms with Gasteiger partial charge in [-0.3, -0.25) is 14.5 Å². The Hall–Kier alpha value is -3.03. The van der Waals surface area contributed by atoms with Crippen LogP contribution in [0.2, 0.25) is 0 Å². The number of fused-ring (bicyclic) bond motifs is 1. The second-order valence-corrected chi connectivity index (χ2v) is 5.41. The number of nitrogens with two attached hydrogens (primary N) is 1. The van der Waals surface area contributed by atoms with E-state index >= 15 is 0 Å². The van der Waals surface area contributed by atoms with Gasteiger partial charge < -0.3 is 10.5 Å². The standard InChI is InChI=1S/C17H13F3N2O3/c18-17(19,20)10-5-6-14(13(21)9-10)25-8-7-22-15(23)11-3-1-2-4-12(11)16(22)24/h1-6,9H,7-8,21H2. The van der Waals surface area contributed by atoms with E-state index in [1.165, 1.54) is 0 Å². The van der Waals surface area contributed by atoms with Gasteiger partial charge in [0.05, 0.1) is 28.9 Å². The molecule has 8 heteroatoms. The van der Waals surface area contributed by atoms with E-state index in [4.69, 9.17) is 10.5 Å². The molecule has 0 atom stereocenters. The van der Waals surface area contributed by atoms with Crippen LogP contribution >= 0.6 is 0 Å². The number of nitrogen functional groups attached to an aromatic ring is 1. The Morgan fingerprint density at radius 2 is 1.60 bits per heavy atom. The molecular formula is C17H13F3N2O3. The first-order chi connectivity index (χ1) is 11.8. The number of nitrogens with zero attached hydrogens (tertiary/aromatic N) is 1. The van der Waals surface area contributed by atoms with E-state index in [-0.39, 0.29) is 24.6 Å². The lowest BCUT2D eigenvalue weighted by atomic mass is 10.1. The van der Waals surface area contributed by atoms with Gasteiger partial charge in [-0.25, -0.2) is 0 Å². The zero-order chi connectivity index (χ0) is 18.2. The zero-order valence-electron chi connectivity index (χ0n) is 12.8. The van der Waals surface area contributed by atoms with Gasteiger partial charge in [-0.15, -0.1) is 0 Å². The van der Waals surface area contributed by atoms with Crippen LogP contribution in [0.4, 0.5) is 18.9 Å². The summed E-state index contributed by atoms with van der Waals surface area (Å²) in [6, 6.07) is 9.18. The van der Waals surface area contributed by atoms with Crippen LogP contribution < -0.4 is 10.5 Å². The molecule has 2 N–H and O–H groups in total. The van der Waals surface area contributed by atoms with Crippen LogP contribution in [0.5, 0.6) is 5.75 Å². The summed E-state index contributed by atoms with van der Waals surface area (Å²) in [5, 5.41) is 0. The molecule has 2 amide bonds. The Balaban J connectivity index is 1.65. The number of alkyl halides is 3. The molecule has 1 aliphatic heterocycles. The van der Waals surface area contributed by atoms with Gasteiger partial charge in [-0.2, -0.15) is 13.2 Å². The molecule has 2 aromatic rings. The molecule has 2 aromatic carbocycles. The highest BCUT2D eigenvalue weighted by atomic mass is 19.4. The Morgan fingerprint density at radius 1 is 1.00 bits per heavy atom. The Labute approximate surface area is 140 Å². The van der Waals surface area contributed by atoms with E-state index in [0.717, 1.165) is 23.1 Å². The lowest BCUT2D eigenvalue weighted by Crippen LogP contribution is -2.33. The first-order valence-electron chi connectivity index (χ1n) is 7.34. The van der Waals surface area contributed by atoms with Crippen LogP contribution in [0.3, 0.4) is 0 Å². The predicted octanol–water partition coefficient (Wildman–Crippen LogP) is 2.96. The van der Waals surface area contributed by atoms with Gasteiger partial charge >= 0.3 is 6.18 Å². The van der Waals surface area contributed by atoms with Crippen LogP contribution in [0.1, 0.15) is 26.3 Å². The Bertz CT molecular complexity index is 814. The van der Waals surface area contributed by atoms with E-state index in [2.05, 4.69) is 0 Å². The third kappa shape index (κ3) is 3.15. The minimum absolute atomic E-state index is 0.0349. The number of anilines is 1. The van der Waals surface area contributed by atoms with Crippen molar-refractivity contribution in [3.05, 3.63) is 59.2 Å². The van der Waals surface area contributed by atoms with E-state index in [1.54, 1.807) is 24.3 Å². The minimum atomic E-state index is -4.49. The number of halogens is 3. The van der Waals surface area contributed by atoms with Crippen molar-refractivity contribution >= 4 is 17.5 Å². The van der Waals surface area contributed by atoms with E-state index in [1.807, 2.05) is 0 Å². The smallest absolute Gasteiger partial charge is 0.416 e. The van der Waals surface area contributed by atoms with Crippen molar-refractivity contribution in [3.8, 4) is 5.75 Å². The predicted molar refractivity (Wildman–Crippen MR) is 83.2 cm³/mol. The molecule has 0 saturated carbocycles. The maximum absolute atomic E-state index is 12.6. The maximum atomic E-state index is 12.6. The molecule has 0 radical (unpaired) electrons. The maximum Gasteiger partial charge on any atom is 0.416 e. The van der Waals surface area contributed by atoms with Gasteiger partial charge in [-0.1, -0.05) is 12.1 Å². The number of benzene rings is 2. The third-order valence-corrected chi connectivity index (χ3v) is 3.79. The first-order valence-corrected chi connectivity index (χ1v) is 7.34. The van der Waals surface area contributed by atoms with E-state index in [0.29, 0.717) is 11.1 Å². The largest absolute Gasteiger partial charge is 0.490 e. The van der Waals surface area contributed by atoms with Crippen LogP contribution in [0.15, 0.2) is 42.5 Å². The van der Waals surface area contributed by atoms with E-state index < -0.39 is 23.6 Å². The van der Waals surface area contributed by atoms with Gasteiger partial charge in [0.15, 0.2) is 0 Å². The van der Waals surface area contributed by atoms with Crippen LogP contribution in [0, 0.1) is 0 Å². The molecule has 130 valence electrons. The Morgan fingerprint density at radius 3 is 2.12 bits per heavy atom. The summed E-state index contributed by atoms with van der Waals surface area (Å²) in [6.07, 6.45) is -4.49. The molecule has 0 spiro atoms. The molecule has 0 saturated heterocycles. The van der Waals surface area contributed by atoms with Crippen molar-refractivity contribution < 1.29 is 27.5 Å². The summed E-state index contributed by atoms with van der Waals surface area (Å²) in [5.41, 5.74) is 5.16. The van der Waals surface area contributed by atoms with Gasteiger partial charge in [0.25, 0.3) is 11.8 Å². The summed E-state index contributed by atoms with van der Waals surface area (Å²) in [6.45, 7) is -0.117.